The van der Waals surface area contributed by atoms with Crippen LogP contribution in [0.1, 0.15) is 23.2 Å². The number of H-pyrrole nitrogens is 1. The number of fused-ring (bicyclic) bond motifs is 1. The first-order valence-electron chi connectivity index (χ1n) is 9.54. The van der Waals surface area contributed by atoms with E-state index in [1.165, 1.54) is 28.6 Å². The molecule has 9 nitrogen and oxygen atoms in total. The zero-order chi connectivity index (χ0) is 21.8. The smallest absolute Gasteiger partial charge is 0.262 e. The van der Waals surface area contributed by atoms with Crippen LogP contribution in [0.2, 0.25) is 0 Å². The number of carbonyl (C=O) groups is 3. The van der Waals surface area contributed by atoms with Gasteiger partial charge in [-0.05, 0) is 43.3 Å². The van der Waals surface area contributed by atoms with Crippen LogP contribution in [0.4, 0.5) is 0 Å². The monoisotopic (exact) mass is 429 g/mol. The molecule has 1 aliphatic rings. The topological polar surface area (TPSA) is 116 Å². The molecule has 1 fully saturated rings. The van der Waals surface area contributed by atoms with Crippen LogP contribution in [0, 0.1) is 4.77 Å². The number of rotatable bonds is 6. The Kier molecular flexibility index (Phi) is 6.46. The Hall–Kier alpha value is -3.27. The van der Waals surface area contributed by atoms with E-state index in [0.29, 0.717) is 23.9 Å². The van der Waals surface area contributed by atoms with Crippen LogP contribution in [0.3, 0.4) is 0 Å². The second kappa shape index (κ2) is 9.04. The number of nitrogens with one attached hydrogen (secondary N) is 3. The van der Waals surface area contributed by atoms with Gasteiger partial charge in [0.25, 0.3) is 11.5 Å². The van der Waals surface area contributed by atoms with Gasteiger partial charge in [-0.15, -0.1) is 6.58 Å². The fourth-order valence-corrected chi connectivity index (χ4v) is 3.82. The number of likely N-dealkylation sites (tertiary alicyclic amines) is 1. The number of aromatic nitrogens is 2. The van der Waals surface area contributed by atoms with Crippen LogP contribution < -0.4 is 16.2 Å². The Morgan fingerprint density at radius 3 is 2.83 bits per heavy atom. The molecule has 1 unspecified atom stereocenters. The third-order valence-electron chi connectivity index (χ3n) is 5.08. The molecule has 1 atom stereocenters. The van der Waals surface area contributed by atoms with E-state index < -0.39 is 11.9 Å². The predicted octanol–water partition coefficient (Wildman–Crippen LogP) is 0.712. The number of benzene rings is 1. The van der Waals surface area contributed by atoms with Gasteiger partial charge in [0.1, 0.15) is 6.04 Å². The molecule has 0 spiro atoms. The summed E-state index contributed by atoms with van der Waals surface area (Å²) in [4.78, 5) is 53.9. The Balaban J connectivity index is 1.74. The van der Waals surface area contributed by atoms with Crippen molar-refractivity contribution in [1.82, 2.24) is 25.1 Å². The first-order chi connectivity index (χ1) is 14.4. The largest absolute Gasteiger partial charge is 0.357 e. The lowest BCUT2D eigenvalue weighted by atomic mass is 10.1. The SMILES string of the molecule is C=CCn1c(=S)[nH]c2cc(C(=O)NCC(=O)N3CCCC3C(=O)NC)ccc2c1=O. The van der Waals surface area contributed by atoms with Gasteiger partial charge in [-0.1, -0.05) is 6.08 Å². The molecular formula is C20H23N5O4S. The number of likely N-dealkylation sites (N-methyl/N-ethyl adjacent to an activating group) is 1. The molecule has 0 saturated carbocycles. The molecule has 3 rings (SSSR count). The molecule has 0 bridgehead atoms. The molecule has 3 N–H and O–H groups in total. The average Bonchev–Trinajstić information content (AvgIpc) is 3.23. The maximum atomic E-state index is 12.5. The van der Waals surface area contributed by atoms with Crippen molar-refractivity contribution >= 4 is 40.8 Å². The summed E-state index contributed by atoms with van der Waals surface area (Å²) in [7, 11) is 1.53. The summed E-state index contributed by atoms with van der Waals surface area (Å²) in [6.45, 7) is 4.15. The first-order valence-corrected chi connectivity index (χ1v) is 9.95. The Morgan fingerprint density at radius 2 is 2.13 bits per heavy atom. The van der Waals surface area contributed by atoms with E-state index in [1.54, 1.807) is 12.1 Å². The minimum atomic E-state index is -0.502. The molecule has 158 valence electrons. The fraction of sp³-hybridized carbons (Fsp3) is 0.350. The molecular weight excluding hydrogens is 406 g/mol. The zero-order valence-corrected chi connectivity index (χ0v) is 17.4. The molecule has 1 aromatic carbocycles. The lowest BCUT2D eigenvalue weighted by Gasteiger charge is -2.23. The lowest BCUT2D eigenvalue weighted by molar-refractivity contribution is -0.137. The van der Waals surface area contributed by atoms with Gasteiger partial charge in [0.05, 0.1) is 17.4 Å². The van der Waals surface area contributed by atoms with Crippen LogP contribution in [-0.4, -0.2) is 58.4 Å². The van der Waals surface area contributed by atoms with Crippen LogP contribution in [0.5, 0.6) is 0 Å². The van der Waals surface area contributed by atoms with Gasteiger partial charge in [-0.3, -0.25) is 23.7 Å². The van der Waals surface area contributed by atoms with Gasteiger partial charge >= 0.3 is 0 Å². The lowest BCUT2D eigenvalue weighted by Crippen LogP contribution is -2.48. The Morgan fingerprint density at radius 1 is 1.37 bits per heavy atom. The fourth-order valence-electron chi connectivity index (χ4n) is 3.55. The number of aromatic amines is 1. The van der Waals surface area contributed by atoms with Crippen molar-refractivity contribution in [3.8, 4) is 0 Å². The highest BCUT2D eigenvalue weighted by Gasteiger charge is 2.33. The third-order valence-corrected chi connectivity index (χ3v) is 5.40. The summed E-state index contributed by atoms with van der Waals surface area (Å²) in [6.07, 6.45) is 2.92. The highest BCUT2D eigenvalue weighted by atomic mass is 32.1. The van der Waals surface area contributed by atoms with Crippen molar-refractivity contribution in [2.45, 2.75) is 25.4 Å². The van der Waals surface area contributed by atoms with Crippen molar-refractivity contribution in [3.05, 3.63) is 51.5 Å². The summed E-state index contributed by atoms with van der Waals surface area (Å²) in [5.41, 5.74) is 0.444. The summed E-state index contributed by atoms with van der Waals surface area (Å²) < 4.78 is 1.61. The van der Waals surface area contributed by atoms with Gasteiger partial charge in [0, 0.05) is 25.7 Å². The minimum absolute atomic E-state index is 0.209. The van der Waals surface area contributed by atoms with E-state index in [4.69, 9.17) is 12.2 Å². The van der Waals surface area contributed by atoms with Crippen LogP contribution >= 0.6 is 12.2 Å². The van der Waals surface area contributed by atoms with Crippen LogP contribution in [0.15, 0.2) is 35.6 Å². The van der Waals surface area contributed by atoms with Gasteiger partial charge in [0.2, 0.25) is 11.8 Å². The van der Waals surface area contributed by atoms with E-state index in [0.717, 1.165) is 6.42 Å². The van der Waals surface area contributed by atoms with Crippen LogP contribution in [0.25, 0.3) is 10.9 Å². The summed E-state index contributed by atoms with van der Waals surface area (Å²) >= 11 is 5.21. The number of hydrogen-bond donors (Lipinski definition) is 3. The molecule has 1 aromatic heterocycles. The molecule has 1 aliphatic heterocycles. The highest BCUT2D eigenvalue weighted by Crippen LogP contribution is 2.17. The molecule has 30 heavy (non-hydrogen) atoms. The summed E-state index contributed by atoms with van der Waals surface area (Å²) in [6, 6.07) is 4.08. The molecule has 10 heteroatoms. The number of carbonyl (C=O) groups excluding carboxylic acids is 3. The second-order valence-corrected chi connectivity index (χ2v) is 7.32. The van der Waals surface area contributed by atoms with Crippen molar-refractivity contribution in [2.75, 3.05) is 20.1 Å². The van der Waals surface area contributed by atoms with Gasteiger partial charge < -0.3 is 20.5 Å². The average molecular weight is 430 g/mol. The standard InChI is InChI=1S/C20H23N5O4S/c1-3-8-25-19(29)13-7-6-12(10-14(13)23-20(25)30)17(27)22-11-16(26)24-9-4-5-15(24)18(28)21-2/h3,6-7,10,15H,1,4-5,8-9,11H2,2H3,(H,21,28)(H,22,27)(H,23,30). The van der Waals surface area contributed by atoms with Gasteiger partial charge in [0.15, 0.2) is 4.77 Å². The zero-order valence-electron chi connectivity index (χ0n) is 16.6. The highest BCUT2D eigenvalue weighted by molar-refractivity contribution is 7.71. The number of hydrogen-bond acceptors (Lipinski definition) is 5. The molecule has 0 aliphatic carbocycles. The second-order valence-electron chi connectivity index (χ2n) is 6.94. The van der Waals surface area contributed by atoms with Gasteiger partial charge in [-0.25, -0.2) is 0 Å². The minimum Gasteiger partial charge on any atom is -0.357 e. The normalized spacial score (nSPS) is 15.8. The van der Waals surface area contributed by atoms with Gasteiger partial charge in [-0.2, -0.15) is 0 Å². The maximum Gasteiger partial charge on any atom is 0.262 e. The summed E-state index contributed by atoms with van der Waals surface area (Å²) in [5.74, 6) is -0.989. The Labute approximate surface area is 177 Å². The molecule has 1 saturated heterocycles. The number of allylic oxidation sites excluding steroid dienone is 1. The summed E-state index contributed by atoms with van der Waals surface area (Å²) in [5, 5.41) is 5.53. The molecule has 2 heterocycles. The molecule has 2 aromatic rings. The van der Waals surface area contributed by atoms with Crippen molar-refractivity contribution in [2.24, 2.45) is 0 Å². The molecule has 3 amide bonds. The predicted molar refractivity (Wildman–Crippen MR) is 115 cm³/mol. The number of amides is 3. The third kappa shape index (κ3) is 4.18. The molecule has 0 radical (unpaired) electrons. The van der Waals surface area contributed by atoms with Crippen molar-refractivity contribution in [3.63, 3.8) is 0 Å². The van der Waals surface area contributed by atoms with Crippen molar-refractivity contribution in [1.29, 1.82) is 0 Å². The quantitative estimate of drug-likeness (QED) is 0.462. The first kappa shape index (κ1) is 21.4. The van der Waals surface area contributed by atoms with E-state index in [2.05, 4.69) is 22.2 Å². The van der Waals surface area contributed by atoms with Crippen molar-refractivity contribution < 1.29 is 14.4 Å². The van der Waals surface area contributed by atoms with Crippen LogP contribution in [-0.2, 0) is 16.1 Å². The van der Waals surface area contributed by atoms with E-state index >= 15 is 0 Å². The maximum absolute atomic E-state index is 12.5. The number of nitrogens with zero attached hydrogens (tertiary/aromatic N) is 2. The Bertz CT molecular complexity index is 1140. The van der Waals surface area contributed by atoms with E-state index in [1.807, 2.05) is 0 Å². The van der Waals surface area contributed by atoms with E-state index in [9.17, 15) is 19.2 Å². The van der Waals surface area contributed by atoms with E-state index in [-0.39, 0.29) is 40.8 Å².